The molecular formula is C16H28N2O2S. The van der Waals surface area contributed by atoms with Crippen molar-refractivity contribution in [1.82, 2.24) is 10.3 Å². The summed E-state index contributed by atoms with van der Waals surface area (Å²) in [7, 11) is 0. The molecule has 0 saturated carbocycles. The standard InChI is InChI=1S/C16H28N2O2S/c1-7-19-11(2)14-18-12(10-21-14)9-17-13-8-15(3,4)20-16(13,5)6/h10-11,13,17H,7-9H2,1-6H3/t11-,13-/m0/s1. The highest BCUT2D eigenvalue weighted by molar-refractivity contribution is 7.09. The average molecular weight is 312 g/mol. The summed E-state index contributed by atoms with van der Waals surface area (Å²) in [5, 5.41) is 6.78. The molecule has 1 aliphatic heterocycles. The second kappa shape index (κ2) is 6.32. The molecule has 1 aromatic rings. The zero-order chi connectivity index (χ0) is 15.7. The van der Waals surface area contributed by atoms with Gasteiger partial charge in [0.15, 0.2) is 0 Å². The number of thiazole rings is 1. The zero-order valence-corrected chi connectivity index (χ0v) is 14.8. The lowest BCUT2D eigenvalue weighted by molar-refractivity contribution is -0.0699. The predicted octanol–water partition coefficient (Wildman–Crippen LogP) is 3.68. The Labute approximate surface area is 132 Å². The minimum absolute atomic E-state index is 0.0577. The number of nitrogens with zero attached hydrogens (tertiary/aromatic N) is 1. The highest BCUT2D eigenvalue weighted by Gasteiger charge is 2.45. The summed E-state index contributed by atoms with van der Waals surface area (Å²) >= 11 is 1.67. The van der Waals surface area contributed by atoms with Gasteiger partial charge in [-0.15, -0.1) is 11.3 Å². The summed E-state index contributed by atoms with van der Waals surface area (Å²) in [5.74, 6) is 0. The van der Waals surface area contributed by atoms with Crippen molar-refractivity contribution in [2.45, 2.75) is 77.9 Å². The molecule has 1 fully saturated rings. The molecule has 4 nitrogen and oxygen atoms in total. The first-order valence-corrected chi connectivity index (χ1v) is 8.61. The lowest BCUT2D eigenvalue weighted by Gasteiger charge is -2.27. The summed E-state index contributed by atoms with van der Waals surface area (Å²) in [6.45, 7) is 14.2. The Morgan fingerprint density at radius 2 is 2.19 bits per heavy atom. The predicted molar refractivity (Wildman–Crippen MR) is 86.6 cm³/mol. The Hall–Kier alpha value is -0.490. The van der Waals surface area contributed by atoms with Gasteiger partial charge in [-0.3, -0.25) is 0 Å². The molecular weight excluding hydrogens is 284 g/mol. The van der Waals surface area contributed by atoms with E-state index < -0.39 is 0 Å². The van der Waals surface area contributed by atoms with Gasteiger partial charge in [-0.25, -0.2) is 4.98 Å². The molecule has 1 saturated heterocycles. The second-order valence-corrected chi connectivity index (χ2v) is 7.77. The lowest BCUT2D eigenvalue weighted by Crippen LogP contribution is -2.43. The van der Waals surface area contributed by atoms with E-state index in [9.17, 15) is 0 Å². The van der Waals surface area contributed by atoms with Crippen LogP contribution in [0, 0.1) is 0 Å². The topological polar surface area (TPSA) is 43.4 Å². The van der Waals surface area contributed by atoms with Crippen LogP contribution in [0.3, 0.4) is 0 Å². The molecule has 120 valence electrons. The largest absolute Gasteiger partial charge is 0.372 e. The first-order chi connectivity index (χ1) is 9.73. The van der Waals surface area contributed by atoms with E-state index in [4.69, 9.17) is 9.47 Å². The number of aromatic nitrogens is 1. The molecule has 0 unspecified atom stereocenters. The van der Waals surface area contributed by atoms with Crippen LogP contribution in [0.15, 0.2) is 5.38 Å². The van der Waals surface area contributed by atoms with E-state index in [0.29, 0.717) is 6.04 Å². The molecule has 0 spiro atoms. The van der Waals surface area contributed by atoms with Crippen molar-refractivity contribution in [3.8, 4) is 0 Å². The van der Waals surface area contributed by atoms with Gasteiger partial charge in [-0.2, -0.15) is 0 Å². The highest BCUT2D eigenvalue weighted by atomic mass is 32.1. The van der Waals surface area contributed by atoms with Gasteiger partial charge in [0.2, 0.25) is 0 Å². The van der Waals surface area contributed by atoms with Crippen LogP contribution >= 0.6 is 11.3 Å². The van der Waals surface area contributed by atoms with Gasteiger partial charge >= 0.3 is 0 Å². The Balaban J connectivity index is 1.92. The smallest absolute Gasteiger partial charge is 0.122 e. The van der Waals surface area contributed by atoms with Crippen LogP contribution in [0.2, 0.25) is 0 Å². The molecule has 0 amide bonds. The number of hydrogen-bond donors (Lipinski definition) is 1. The van der Waals surface area contributed by atoms with E-state index in [1.807, 2.05) is 6.92 Å². The van der Waals surface area contributed by atoms with Gasteiger partial charge in [-0.05, 0) is 48.0 Å². The molecule has 0 aromatic carbocycles. The van der Waals surface area contributed by atoms with E-state index in [-0.39, 0.29) is 17.3 Å². The van der Waals surface area contributed by atoms with E-state index in [2.05, 4.69) is 50.3 Å². The Morgan fingerprint density at radius 3 is 2.76 bits per heavy atom. The fourth-order valence-electron chi connectivity index (χ4n) is 3.02. The molecule has 0 radical (unpaired) electrons. The summed E-state index contributed by atoms with van der Waals surface area (Å²) in [5.41, 5.74) is 0.890. The number of nitrogens with one attached hydrogen (secondary N) is 1. The minimum atomic E-state index is -0.138. The van der Waals surface area contributed by atoms with E-state index >= 15 is 0 Å². The van der Waals surface area contributed by atoms with Gasteiger partial charge < -0.3 is 14.8 Å². The number of rotatable bonds is 6. The van der Waals surface area contributed by atoms with E-state index in [1.54, 1.807) is 11.3 Å². The maximum atomic E-state index is 6.11. The fraction of sp³-hybridized carbons (Fsp3) is 0.812. The zero-order valence-electron chi connectivity index (χ0n) is 14.0. The Morgan fingerprint density at radius 1 is 1.48 bits per heavy atom. The maximum absolute atomic E-state index is 6.11. The molecule has 21 heavy (non-hydrogen) atoms. The molecule has 2 rings (SSSR count). The molecule has 2 atom stereocenters. The van der Waals surface area contributed by atoms with Crippen molar-refractivity contribution in [2.24, 2.45) is 0 Å². The molecule has 0 aliphatic carbocycles. The average Bonchev–Trinajstić information content (AvgIpc) is 2.89. The Kier molecular flexibility index (Phi) is 5.08. The minimum Gasteiger partial charge on any atom is -0.372 e. The second-order valence-electron chi connectivity index (χ2n) is 6.88. The van der Waals surface area contributed by atoms with Crippen molar-refractivity contribution in [2.75, 3.05) is 6.61 Å². The van der Waals surface area contributed by atoms with Crippen molar-refractivity contribution < 1.29 is 9.47 Å². The van der Waals surface area contributed by atoms with Crippen molar-refractivity contribution in [3.63, 3.8) is 0 Å². The van der Waals surface area contributed by atoms with Gasteiger partial charge in [0.1, 0.15) is 11.1 Å². The van der Waals surface area contributed by atoms with Crippen LogP contribution in [0.1, 0.15) is 64.8 Å². The van der Waals surface area contributed by atoms with Crippen molar-refractivity contribution in [1.29, 1.82) is 0 Å². The third-order valence-electron chi connectivity index (χ3n) is 3.94. The third-order valence-corrected chi connectivity index (χ3v) is 4.99. The normalized spacial score (nSPS) is 25.1. The van der Waals surface area contributed by atoms with Crippen LogP contribution in [-0.2, 0) is 16.0 Å². The van der Waals surface area contributed by atoms with Crippen molar-refractivity contribution >= 4 is 11.3 Å². The van der Waals surface area contributed by atoms with Crippen LogP contribution < -0.4 is 5.32 Å². The first kappa shape index (κ1) is 16.9. The van der Waals surface area contributed by atoms with Gasteiger partial charge in [-0.1, -0.05) is 0 Å². The lowest BCUT2D eigenvalue weighted by atomic mass is 9.94. The van der Waals surface area contributed by atoms with Gasteiger partial charge in [0.05, 0.1) is 16.9 Å². The van der Waals surface area contributed by atoms with Gasteiger partial charge in [0.25, 0.3) is 0 Å². The number of hydrogen-bond acceptors (Lipinski definition) is 5. The SMILES string of the molecule is CCO[C@@H](C)c1nc(CN[C@H]2CC(C)(C)OC2(C)C)cs1. The van der Waals surface area contributed by atoms with Gasteiger partial charge in [0, 0.05) is 24.6 Å². The maximum Gasteiger partial charge on any atom is 0.122 e. The third kappa shape index (κ3) is 4.25. The first-order valence-electron chi connectivity index (χ1n) is 7.73. The van der Waals surface area contributed by atoms with Crippen LogP contribution in [0.5, 0.6) is 0 Å². The van der Waals surface area contributed by atoms with E-state index in [1.165, 1.54) is 0 Å². The summed E-state index contributed by atoms with van der Waals surface area (Å²) < 4.78 is 11.7. The van der Waals surface area contributed by atoms with E-state index in [0.717, 1.165) is 30.3 Å². The molecule has 1 aromatic heterocycles. The van der Waals surface area contributed by atoms with Crippen molar-refractivity contribution in [3.05, 3.63) is 16.1 Å². The number of ether oxygens (including phenoxy) is 2. The molecule has 2 heterocycles. The molecule has 0 bridgehead atoms. The molecule has 1 N–H and O–H groups in total. The highest BCUT2D eigenvalue weighted by Crippen LogP contribution is 2.37. The summed E-state index contributed by atoms with van der Waals surface area (Å²) in [4.78, 5) is 4.66. The Bertz CT molecular complexity index is 471. The quantitative estimate of drug-likeness (QED) is 0.870. The monoisotopic (exact) mass is 312 g/mol. The van der Waals surface area contributed by atoms with Crippen LogP contribution in [0.4, 0.5) is 0 Å². The summed E-state index contributed by atoms with van der Waals surface area (Å²) in [6.07, 6.45) is 1.10. The van der Waals surface area contributed by atoms with Crippen LogP contribution in [0.25, 0.3) is 0 Å². The summed E-state index contributed by atoms with van der Waals surface area (Å²) in [6, 6.07) is 0.349. The van der Waals surface area contributed by atoms with Crippen LogP contribution in [-0.4, -0.2) is 28.8 Å². The molecule has 5 heteroatoms. The fourth-order valence-corrected chi connectivity index (χ4v) is 3.84. The molecule has 1 aliphatic rings.